The lowest BCUT2D eigenvalue weighted by molar-refractivity contribution is 0.102. The number of benzene rings is 2. The molecule has 104 valence electrons. The van der Waals surface area contributed by atoms with E-state index in [9.17, 15) is 9.18 Å². The Hall–Kier alpha value is -1.72. The molecular weight excluding hydrogens is 323 g/mol. The molecule has 2 aromatic carbocycles. The van der Waals surface area contributed by atoms with Crippen LogP contribution >= 0.6 is 15.9 Å². The molecule has 0 saturated heterocycles. The molecule has 0 unspecified atom stereocenters. The van der Waals surface area contributed by atoms with E-state index < -0.39 is 11.7 Å². The van der Waals surface area contributed by atoms with Crippen molar-refractivity contribution in [2.24, 2.45) is 0 Å². The first-order valence-electron chi connectivity index (χ1n) is 6.11. The molecular formula is C15H14BrFN2O. The van der Waals surface area contributed by atoms with Gasteiger partial charge in [0.25, 0.3) is 5.91 Å². The van der Waals surface area contributed by atoms with E-state index in [1.807, 2.05) is 25.2 Å². The quantitative estimate of drug-likeness (QED) is 0.896. The van der Waals surface area contributed by atoms with Crippen molar-refractivity contribution in [3.63, 3.8) is 0 Å². The Morgan fingerprint density at radius 1 is 1.20 bits per heavy atom. The first-order valence-corrected chi connectivity index (χ1v) is 6.90. The second-order valence-electron chi connectivity index (χ2n) is 4.24. The van der Waals surface area contributed by atoms with Crippen molar-refractivity contribution < 1.29 is 9.18 Å². The maximum absolute atomic E-state index is 13.7. The molecule has 0 bridgehead atoms. The van der Waals surface area contributed by atoms with Crippen LogP contribution in [0.4, 0.5) is 10.1 Å². The molecule has 0 aliphatic carbocycles. The van der Waals surface area contributed by atoms with Gasteiger partial charge >= 0.3 is 0 Å². The van der Waals surface area contributed by atoms with E-state index in [4.69, 9.17) is 0 Å². The summed E-state index contributed by atoms with van der Waals surface area (Å²) in [5.41, 5.74) is 1.62. The molecule has 2 N–H and O–H groups in total. The van der Waals surface area contributed by atoms with Gasteiger partial charge in [-0.25, -0.2) is 4.39 Å². The summed E-state index contributed by atoms with van der Waals surface area (Å²) in [5, 5.41) is 5.77. The van der Waals surface area contributed by atoms with E-state index in [-0.39, 0.29) is 5.56 Å². The summed E-state index contributed by atoms with van der Waals surface area (Å²) in [4.78, 5) is 12.2. The van der Waals surface area contributed by atoms with Gasteiger partial charge in [0, 0.05) is 16.7 Å². The molecule has 0 radical (unpaired) electrons. The summed E-state index contributed by atoms with van der Waals surface area (Å²) in [6.07, 6.45) is 0. The molecule has 0 aliphatic rings. The maximum Gasteiger partial charge on any atom is 0.259 e. The summed E-state index contributed by atoms with van der Waals surface area (Å²) in [6.45, 7) is 0.620. The Morgan fingerprint density at radius 2 is 1.95 bits per heavy atom. The second-order valence-corrected chi connectivity index (χ2v) is 5.09. The van der Waals surface area contributed by atoms with E-state index in [1.165, 1.54) is 6.07 Å². The van der Waals surface area contributed by atoms with Crippen molar-refractivity contribution in [3.8, 4) is 0 Å². The van der Waals surface area contributed by atoms with Crippen molar-refractivity contribution >= 4 is 27.5 Å². The molecule has 0 fully saturated rings. The minimum absolute atomic E-state index is 0.00626. The molecule has 5 heteroatoms. The van der Waals surface area contributed by atoms with Crippen molar-refractivity contribution in [1.82, 2.24) is 5.32 Å². The van der Waals surface area contributed by atoms with Crippen molar-refractivity contribution in [2.75, 3.05) is 12.4 Å². The van der Waals surface area contributed by atoms with Crippen LogP contribution in [-0.4, -0.2) is 13.0 Å². The van der Waals surface area contributed by atoms with Gasteiger partial charge in [0.1, 0.15) is 5.82 Å². The van der Waals surface area contributed by atoms with Crippen LogP contribution in [0.2, 0.25) is 0 Å². The summed E-state index contributed by atoms with van der Waals surface area (Å²) in [5.74, 6) is -1.03. The lowest BCUT2D eigenvalue weighted by Crippen LogP contribution is -2.17. The van der Waals surface area contributed by atoms with Gasteiger partial charge in [-0.05, 0) is 46.7 Å². The smallest absolute Gasteiger partial charge is 0.259 e. The predicted molar refractivity (Wildman–Crippen MR) is 81.3 cm³/mol. The standard InChI is InChI=1S/C15H14BrFN2O/c1-18-9-10-5-2-3-8-13(10)19-15(20)14-11(16)6-4-7-12(14)17/h2-8,18H,9H2,1H3,(H,19,20). The zero-order valence-electron chi connectivity index (χ0n) is 10.9. The number of amides is 1. The molecule has 0 aliphatic heterocycles. The second kappa shape index (κ2) is 6.63. The van der Waals surface area contributed by atoms with E-state index in [2.05, 4.69) is 26.6 Å². The number of halogens is 2. The summed E-state index contributed by atoms with van der Waals surface area (Å²) >= 11 is 3.20. The lowest BCUT2D eigenvalue weighted by Gasteiger charge is -2.12. The molecule has 2 aromatic rings. The van der Waals surface area contributed by atoms with Crippen molar-refractivity contribution in [3.05, 3.63) is 63.9 Å². The molecule has 20 heavy (non-hydrogen) atoms. The fraction of sp³-hybridized carbons (Fsp3) is 0.133. The lowest BCUT2D eigenvalue weighted by atomic mass is 10.1. The van der Waals surface area contributed by atoms with Gasteiger partial charge in [-0.2, -0.15) is 0 Å². The molecule has 0 aromatic heterocycles. The highest BCUT2D eigenvalue weighted by Gasteiger charge is 2.16. The van der Waals surface area contributed by atoms with Crippen molar-refractivity contribution in [1.29, 1.82) is 0 Å². The Balaban J connectivity index is 2.28. The topological polar surface area (TPSA) is 41.1 Å². The number of para-hydroxylation sites is 1. The van der Waals surface area contributed by atoms with Crippen LogP contribution < -0.4 is 10.6 Å². The first-order chi connectivity index (χ1) is 9.63. The van der Waals surface area contributed by atoms with Crippen molar-refractivity contribution in [2.45, 2.75) is 6.54 Å². The third-order valence-electron chi connectivity index (χ3n) is 2.82. The summed E-state index contributed by atoms with van der Waals surface area (Å²) in [6, 6.07) is 11.9. The van der Waals surface area contributed by atoms with Crippen LogP contribution in [0.25, 0.3) is 0 Å². The van der Waals surface area contributed by atoms with E-state index in [1.54, 1.807) is 18.2 Å². The van der Waals surface area contributed by atoms with Gasteiger partial charge in [-0.3, -0.25) is 4.79 Å². The third kappa shape index (κ3) is 3.23. The van der Waals surface area contributed by atoms with Crippen LogP contribution in [0.5, 0.6) is 0 Å². The molecule has 2 rings (SSSR count). The van der Waals surface area contributed by atoms with Crippen LogP contribution in [0.15, 0.2) is 46.9 Å². The minimum Gasteiger partial charge on any atom is -0.322 e. The molecule has 0 atom stereocenters. The first kappa shape index (κ1) is 14.7. The van der Waals surface area contributed by atoms with Crippen LogP contribution in [0, 0.1) is 5.82 Å². The largest absolute Gasteiger partial charge is 0.322 e. The molecule has 3 nitrogen and oxygen atoms in total. The molecule has 1 amide bonds. The average Bonchev–Trinajstić information content (AvgIpc) is 2.41. The minimum atomic E-state index is -0.553. The van der Waals surface area contributed by atoms with Gasteiger partial charge in [0.2, 0.25) is 0 Å². The molecule has 0 spiro atoms. The average molecular weight is 337 g/mol. The van der Waals surface area contributed by atoms with Crippen LogP contribution in [0.1, 0.15) is 15.9 Å². The number of anilines is 1. The fourth-order valence-corrected chi connectivity index (χ4v) is 2.41. The van der Waals surface area contributed by atoms with E-state index in [0.29, 0.717) is 16.7 Å². The molecule has 0 saturated carbocycles. The zero-order chi connectivity index (χ0) is 14.5. The highest BCUT2D eigenvalue weighted by molar-refractivity contribution is 9.10. The van der Waals surface area contributed by atoms with Gasteiger partial charge in [-0.1, -0.05) is 24.3 Å². The third-order valence-corrected chi connectivity index (χ3v) is 3.48. The highest BCUT2D eigenvalue weighted by Crippen LogP contribution is 2.22. The van der Waals surface area contributed by atoms with Gasteiger partial charge in [-0.15, -0.1) is 0 Å². The monoisotopic (exact) mass is 336 g/mol. The van der Waals surface area contributed by atoms with Gasteiger partial charge in [0.05, 0.1) is 5.56 Å². The Morgan fingerprint density at radius 3 is 2.65 bits per heavy atom. The van der Waals surface area contributed by atoms with Gasteiger partial charge in [0.15, 0.2) is 0 Å². The van der Waals surface area contributed by atoms with E-state index in [0.717, 1.165) is 5.56 Å². The number of nitrogens with one attached hydrogen (secondary N) is 2. The Labute approximate surface area is 125 Å². The number of hydrogen-bond donors (Lipinski definition) is 2. The Kier molecular flexibility index (Phi) is 4.87. The zero-order valence-corrected chi connectivity index (χ0v) is 12.5. The summed E-state index contributed by atoms with van der Waals surface area (Å²) in [7, 11) is 1.83. The molecule has 0 heterocycles. The predicted octanol–water partition coefficient (Wildman–Crippen LogP) is 3.56. The maximum atomic E-state index is 13.7. The number of hydrogen-bond acceptors (Lipinski definition) is 2. The normalized spacial score (nSPS) is 10.3. The Bertz CT molecular complexity index is 611. The highest BCUT2D eigenvalue weighted by atomic mass is 79.9. The number of carbonyl (C=O) groups is 1. The van der Waals surface area contributed by atoms with Crippen LogP contribution in [-0.2, 0) is 6.54 Å². The van der Waals surface area contributed by atoms with Gasteiger partial charge < -0.3 is 10.6 Å². The van der Waals surface area contributed by atoms with E-state index >= 15 is 0 Å². The SMILES string of the molecule is CNCc1ccccc1NC(=O)c1c(F)cccc1Br. The number of rotatable bonds is 4. The fourth-order valence-electron chi connectivity index (χ4n) is 1.89. The summed E-state index contributed by atoms with van der Waals surface area (Å²) < 4.78 is 14.2. The number of carbonyl (C=O) groups excluding carboxylic acids is 1. The van der Waals surface area contributed by atoms with Crippen LogP contribution in [0.3, 0.4) is 0 Å².